The lowest BCUT2D eigenvalue weighted by molar-refractivity contribution is 0.0997. The second-order valence-corrected chi connectivity index (χ2v) is 7.10. The van der Waals surface area contributed by atoms with Crippen molar-refractivity contribution in [3.8, 4) is 32.1 Å². The molecule has 148 valence electrons. The number of aromatic amines is 1. The lowest BCUT2D eigenvalue weighted by Crippen LogP contribution is -2.13. The van der Waals surface area contributed by atoms with Gasteiger partial charge in [-0.1, -0.05) is 30.3 Å². The molecule has 0 saturated carbocycles. The smallest absolute Gasteiger partial charge is 0.268 e. The van der Waals surface area contributed by atoms with Crippen LogP contribution in [0.4, 0.5) is 4.39 Å². The number of carbonyl (C=O) groups is 1. The number of aromatic nitrogens is 3. The summed E-state index contributed by atoms with van der Waals surface area (Å²) in [7, 11) is 0. The molecule has 0 aliphatic heterocycles. The molecule has 4 aromatic rings. The zero-order valence-corrected chi connectivity index (χ0v) is 16.7. The first-order chi connectivity index (χ1) is 13.6. The molecule has 0 aliphatic rings. The van der Waals surface area contributed by atoms with Gasteiger partial charge in [0.05, 0.1) is 11.1 Å². The van der Waals surface area contributed by atoms with E-state index < -0.39 is 11.7 Å². The molecule has 5 N–H and O–H groups in total. The topological polar surface area (TPSA) is 111 Å². The van der Waals surface area contributed by atoms with Crippen molar-refractivity contribution in [2.45, 2.75) is 6.54 Å². The minimum atomic E-state index is -0.660. The first-order valence-corrected chi connectivity index (χ1v) is 9.28. The Hall–Kier alpha value is -3.07. The van der Waals surface area contributed by atoms with E-state index >= 15 is 0 Å². The average molecular weight is 430 g/mol. The van der Waals surface area contributed by atoms with Gasteiger partial charge < -0.3 is 11.5 Å². The Morgan fingerprint density at radius 1 is 1.17 bits per heavy atom. The second-order valence-electron chi connectivity index (χ2n) is 6.11. The number of nitrogens with one attached hydrogen (secondary N) is 1. The predicted octanol–water partition coefficient (Wildman–Crippen LogP) is 3.99. The minimum Gasteiger partial charge on any atom is -0.364 e. The fourth-order valence-electron chi connectivity index (χ4n) is 3.09. The van der Waals surface area contributed by atoms with Crippen LogP contribution in [0.15, 0.2) is 54.9 Å². The fraction of sp³-hybridized carbons (Fsp3) is 0.0500. The van der Waals surface area contributed by atoms with Crippen LogP contribution >= 0.6 is 23.7 Å². The molecule has 0 aliphatic carbocycles. The number of primary amides is 1. The quantitative estimate of drug-likeness (QED) is 0.445. The third-order valence-corrected chi connectivity index (χ3v) is 5.44. The van der Waals surface area contributed by atoms with E-state index in [-0.39, 0.29) is 24.6 Å². The Bertz CT molecular complexity index is 1150. The summed E-state index contributed by atoms with van der Waals surface area (Å²) >= 11 is 1.29. The second kappa shape index (κ2) is 8.52. The molecule has 29 heavy (non-hydrogen) atoms. The van der Waals surface area contributed by atoms with Crippen LogP contribution in [-0.4, -0.2) is 21.1 Å². The summed E-state index contributed by atoms with van der Waals surface area (Å²) in [6, 6.07) is 12.2. The van der Waals surface area contributed by atoms with Gasteiger partial charge >= 0.3 is 0 Å². The molecule has 0 atom stereocenters. The van der Waals surface area contributed by atoms with Crippen molar-refractivity contribution >= 4 is 29.7 Å². The van der Waals surface area contributed by atoms with Gasteiger partial charge in [-0.15, -0.1) is 23.7 Å². The lowest BCUT2D eigenvalue weighted by atomic mass is 9.93. The van der Waals surface area contributed by atoms with Gasteiger partial charge in [0, 0.05) is 23.9 Å². The van der Waals surface area contributed by atoms with Crippen LogP contribution in [0, 0.1) is 5.82 Å². The SMILES string of the molecule is Cl.NCc1cc(F)cc(-c2ccccc2)c1-c1sc(-c2cn[nH]c2)nc1C(N)=O. The zero-order chi connectivity index (χ0) is 19.7. The molecule has 0 unspecified atom stereocenters. The van der Waals surface area contributed by atoms with E-state index in [0.29, 0.717) is 26.6 Å². The molecular formula is C20H17ClFN5OS. The molecule has 2 aromatic heterocycles. The van der Waals surface area contributed by atoms with Crippen LogP contribution in [-0.2, 0) is 6.54 Å². The number of H-pyrrole nitrogens is 1. The largest absolute Gasteiger partial charge is 0.364 e. The van der Waals surface area contributed by atoms with E-state index in [0.717, 1.165) is 11.1 Å². The molecule has 0 bridgehead atoms. The number of hydrogen-bond acceptors (Lipinski definition) is 5. The molecular weight excluding hydrogens is 413 g/mol. The van der Waals surface area contributed by atoms with Crippen molar-refractivity contribution in [1.29, 1.82) is 0 Å². The number of amides is 1. The van der Waals surface area contributed by atoms with E-state index in [1.807, 2.05) is 30.3 Å². The monoisotopic (exact) mass is 429 g/mol. The Labute approximate surface area is 176 Å². The number of hydrogen-bond donors (Lipinski definition) is 3. The van der Waals surface area contributed by atoms with Gasteiger partial charge in [-0.3, -0.25) is 9.89 Å². The molecule has 2 heterocycles. The summed E-state index contributed by atoms with van der Waals surface area (Å²) in [4.78, 5) is 17.1. The average Bonchev–Trinajstić information content (AvgIpc) is 3.37. The highest BCUT2D eigenvalue weighted by Gasteiger charge is 2.24. The molecule has 4 rings (SSSR count). The van der Waals surface area contributed by atoms with Crippen LogP contribution in [0.3, 0.4) is 0 Å². The molecule has 2 aromatic carbocycles. The van der Waals surface area contributed by atoms with E-state index in [4.69, 9.17) is 11.5 Å². The van der Waals surface area contributed by atoms with Crippen LogP contribution in [0.2, 0.25) is 0 Å². The van der Waals surface area contributed by atoms with Gasteiger partial charge in [0.15, 0.2) is 0 Å². The normalized spacial score (nSPS) is 10.6. The number of nitrogens with two attached hydrogens (primary N) is 2. The third kappa shape index (κ3) is 3.91. The molecule has 0 radical (unpaired) electrons. The van der Waals surface area contributed by atoms with Crippen LogP contribution in [0.1, 0.15) is 16.1 Å². The number of benzene rings is 2. The Morgan fingerprint density at radius 2 is 1.93 bits per heavy atom. The van der Waals surface area contributed by atoms with Crippen molar-refractivity contribution in [3.63, 3.8) is 0 Å². The van der Waals surface area contributed by atoms with Crippen molar-refractivity contribution in [3.05, 3.63) is 71.9 Å². The van der Waals surface area contributed by atoms with Gasteiger partial charge in [-0.2, -0.15) is 5.10 Å². The molecule has 0 fully saturated rings. The first-order valence-electron chi connectivity index (χ1n) is 8.46. The van der Waals surface area contributed by atoms with Gasteiger partial charge in [0.1, 0.15) is 16.5 Å². The predicted molar refractivity (Wildman–Crippen MR) is 114 cm³/mol. The minimum absolute atomic E-state index is 0. The van der Waals surface area contributed by atoms with E-state index in [1.165, 1.54) is 23.5 Å². The maximum atomic E-state index is 14.3. The molecule has 0 saturated heterocycles. The van der Waals surface area contributed by atoms with Crippen molar-refractivity contribution in [1.82, 2.24) is 15.2 Å². The van der Waals surface area contributed by atoms with Gasteiger partial charge in [-0.05, 0) is 28.8 Å². The summed E-state index contributed by atoms with van der Waals surface area (Å²) in [6.07, 6.45) is 3.29. The van der Waals surface area contributed by atoms with Crippen LogP contribution in [0.5, 0.6) is 0 Å². The van der Waals surface area contributed by atoms with Crippen LogP contribution in [0.25, 0.3) is 32.1 Å². The zero-order valence-electron chi connectivity index (χ0n) is 15.1. The highest BCUT2D eigenvalue weighted by atomic mass is 35.5. The summed E-state index contributed by atoms with van der Waals surface area (Å²) in [5.41, 5.74) is 15.1. The number of carbonyl (C=O) groups excluding carboxylic acids is 1. The standard InChI is InChI=1S/C20H16FN5OS.ClH/c21-14-6-12(8-22)16(15(7-14)11-4-2-1-3-5-11)18-17(19(23)27)26-20(28-18)13-9-24-25-10-13;/h1-7,9-10H,8,22H2,(H2,23,27)(H,24,25);1H. The summed E-state index contributed by atoms with van der Waals surface area (Å²) in [5.74, 6) is -1.06. The highest BCUT2D eigenvalue weighted by molar-refractivity contribution is 7.18. The Kier molecular flexibility index (Phi) is 6.07. The fourth-order valence-corrected chi connectivity index (χ4v) is 4.23. The number of halogens is 2. The molecule has 0 spiro atoms. The number of rotatable bonds is 5. The Morgan fingerprint density at radius 3 is 2.55 bits per heavy atom. The summed E-state index contributed by atoms with van der Waals surface area (Å²) in [5, 5.41) is 7.23. The van der Waals surface area contributed by atoms with Crippen molar-refractivity contribution < 1.29 is 9.18 Å². The number of nitrogens with zero attached hydrogens (tertiary/aromatic N) is 2. The summed E-state index contributed by atoms with van der Waals surface area (Å²) < 4.78 is 14.3. The van der Waals surface area contributed by atoms with E-state index in [2.05, 4.69) is 15.2 Å². The molecule has 9 heteroatoms. The molecule has 6 nitrogen and oxygen atoms in total. The maximum absolute atomic E-state index is 14.3. The summed E-state index contributed by atoms with van der Waals surface area (Å²) in [6.45, 7) is 0.101. The van der Waals surface area contributed by atoms with E-state index in [9.17, 15) is 9.18 Å². The molecule has 1 amide bonds. The van der Waals surface area contributed by atoms with Crippen LogP contribution < -0.4 is 11.5 Å². The first kappa shape index (κ1) is 20.7. The maximum Gasteiger partial charge on any atom is 0.268 e. The third-order valence-electron chi connectivity index (χ3n) is 4.32. The number of thiazole rings is 1. The lowest BCUT2D eigenvalue weighted by Gasteiger charge is -2.14. The van der Waals surface area contributed by atoms with Crippen molar-refractivity contribution in [2.24, 2.45) is 11.5 Å². The highest BCUT2D eigenvalue weighted by Crippen LogP contribution is 2.42. The van der Waals surface area contributed by atoms with Gasteiger partial charge in [0.2, 0.25) is 0 Å². The van der Waals surface area contributed by atoms with Gasteiger partial charge in [0.25, 0.3) is 5.91 Å². The van der Waals surface area contributed by atoms with E-state index in [1.54, 1.807) is 12.4 Å². The Balaban J connectivity index is 0.00000240. The van der Waals surface area contributed by atoms with Gasteiger partial charge in [-0.25, -0.2) is 9.37 Å². The van der Waals surface area contributed by atoms with Crippen molar-refractivity contribution in [2.75, 3.05) is 0 Å².